The average Bonchev–Trinajstić information content (AvgIpc) is 0.914. The maximum absolute atomic E-state index is 13.2. The van der Waals surface area contributed by atoms with Crippen molar-refractivity contribution in [2.45, 2.75) is 502 Å². The fraction of sp³-hybridized carbons (Fsp3) is 0.955. The maximum Gasteiger partial charge on any atom is 0.472 e. The second-order valence-corrected chi connectivity index (χ2v) is 35.4. The summed E-state index contributed by atoms with van der Waals surface area (Å²) in [6, 6.07) is 0. The molecule has 0 aliphatic carbocycles. The molecule has 17 nitrogen and oxygen atoms in total. The first-order valence-corrected chi connectivity index (χ1v) is 49.1. The summed E-state index contributed by atoms with van der Waals surface area (Å²) in [5, 5.41) is 10.7. The van der Waals surface area contributed by atoms with Crippen LogP contribution >= 0.6 is 15.6 Å². The summed E-state index contributed by atoms with van der Waals surface area (Å²) in [5.74, 6) is -1.31. The number of hydrogen-bond donors (Lipinski definition) is 3. The Morgan fingerprint density at radius 2 is 0.426 bits per heavy atom. The van der Waals surface area contributed by atoms with Gasteiger partial charge in [-0.25, -0.2) is 9.13 Å². The normalized spacial score (nSPS) is 13.7. The molecule has 0 aliphatic heterocycles. The van der Waals surface area contributed by atoms with Gasteiger partial charge in [-0.05, 0) is 31.6 Å². The van der Waals surface area contributed by atoms with Crippen LogP contribution in [0, 0.1) is 5.92 Å². The highest BCUT2D eigenvalue weighted by molar-refractivity contribution is 7.47. The number of carbonyl (C=O) groups is 4. The Balaban J connectivity index is 5.26. The van der Waals surface area contributed by atoms with Crippen LogP contribution in [0.2, 0.25) is 0 Å². The summed E-state index contributed by atoms with van der Waals surface area (Å²) in [7, 11) is -9.93. The molecule has 0 rings (SSSR count). The minimum Gasteiger partial charge on any atom is -0.462 e. The predicted molar refractivity (Wildman–Crippen MR) is 446 cm³/mol. The second kappa shape index (κ2) is 81.6. The van der Waals surface area contributed by atoms with E-state index in [9.17, 15) is 43.2 Å². The van der Waals surface area contributed by atoms with Crippen molar-refractivity contribution in [1.29, 1.82) is 0 Å². The second-order valence-electron chi connectivity index (χ2n) is 32.5. The Kier molecular flexibility index (Phi) is 80.2. The highest BCUT2D eigenvalue weighted by atomic mass is 31.2. The SMILES string of the molecule is CCCCCCCCCCCCCCCCCCCCCCC(=O)O[C@H](COC(=O)CCCCCCCCCCCCCCCCCCCCC)COP(=O)(O)OC[C@@H](O)COP(=O)(O)OC[C@@H](COC(=O)CCCCCCCCCCCCCCC)OC(=O)CCCCCCCCCCCCCCCC(C)C. The molecule has 0 saturated heterocycles. The van der Waals surface area contributed by atoms with Gasteiger partial charge in [0.15, 0.2) is 12.2 Å². The lowest BCUT2D eigenvalue weighted by Crippen LogP contribution is -2.30. The van der Waals surface area contributed by atoms with Crippen molar-refractivity contribution in [2.24, 2.45) is 5.92 Å². The van der Waals surface area contributed by atoms with E-state index in [0.29, 0.717) is 25.7 Å². The van der Waals surface area contributed by atoms with Crippen LogP contribution in [0.1, 0.15) is 484 Å². The monoisotopic (exact) mass is 1580 g/mol. The third kappa shape index (κ3) is 82.1. The third-order valence-corrected chi connectivity index (χ3v) is 22.9. The first-order valence-electron chi connectivity index (χ1n) is 46.1. The molecule has 5 atom stereocenters. The van der Waals surface area contributed by atoms with Crippen molar-refractivity contribution >= 4 is 39.5 Å². The van der Waals surface area contributed by atoms with Gasteiger partial charge in [0.25, 0.3) is 0 Å². The number of unbranched alkanes of at least 4 members (excludes halogenated alkanes) is 61. The van der Waals surface area contributed by atoms with Crippen LogP contribution in [0.5, 0.6) is 0 Å². The maximum atomic E-state index is 13.2. The van der Waals surface area contributed by atoms with Gasteiger partial charge in [-0.1, -0.05) is 433 Å². The number of phosphoric acid groups is 2. The summed E-state index contributed by atoms with van der Waals surface area (Å²) in [6.07, 6.45) is 76.3. The molecule has 3 N–H and O–H groups in total. The lowest BCUT2D eigenvalue weighted by molar-refractivity contribution is -0.161. The zero-order valence-corrected chi connectivity index (χ0v) is 72.8. The number of esters is 4. The van der Waals surface area contributed by atoms with Crippen molar-refractivity contribution in [3.63, 3.8) is 0 Å². The van der Waals surface area contributed by atoms with E-state index in [1.165, 1.54) is 308 Å². The van der Waals surface area contributed by atoms with Crippen LogP contribution < -0.4 is 0 Å². The van der Waals surface area contributed by atoms with E-state index in [1.807, 2.05) is 0 Å². The molecule has 0 aromatic heterocycles. The zero-order valence-electron chi connectivity index (χ0n) is 71.0. The smallest absolute Gasteiger partial charge is 0.462 e. The van der Waals surface area contributed by atoms with Crippen molar-refractivity contribution in [2.75, 3.05) is 39.6 Å². The number of phosphoric ester groups is 2. The van der Waals surface area contributed by atoms with E-state index in [1.54, 1.807) is 0 Å². The summed E-state index contributed by atoms with van der Waals surface area (Å²) in [5.41, 5.74) is 0. The predicted octanol–water partition coefficient (Wildman–Crippen LogP) is 27.5. The first kappa shape index (κ1) is 106. The summed E-state index contributed by atoms with van der Waals surface area (Å²) in [4.78, 5) is 73.4. The van der Waals surface area contributed by atoms with Crippen molar-refractivity contribution in [3.8, 4) is 0 Å². The van der Waals surface area contributed by atoms with Crippen LogP contribution in [-0.2, 0) is 65.4 Å². The Morgan fingerprint density at radius 1 is 0.250 bits per heavy atom. The van der Waals surface area contributed by atoms with Gasteiger partial charge in [-0.3, -0.25) is 37.3 Å². The first-order chi connectivity index (χ1) is 52.5. The lowest BCUT2D eigenvalue weighted by atomic mass is 10.0. The zero-order chi connectivity index (χ0) is 79.0. The van der Waals surface area contributed by atoms with E-state index in [4.69, 9.17) is 37.0 Å². The number of aliphatic hydroxyl groups excluding tert-OH is 1. The molecular weight excluding hydrogens is 1400 g/mol. The molecule has 108 heavy (non-hydrogen) atoms. The standard InChI is InChI=1S/C89H174O17P2/c1-6-9-12-15-18-21-24-27-29-31-33-35-37-39-44-49-54-59-64-69-74-88(93)105-85(79-100-87(92)73-68-63-58-53-48-43-38-36-34-32-30-28-25-22-19-16-13-10-7-2)81-104-108(97,98)102-77-83(90)76-101-107(95,96)103-80-84(78-99-86(91)72-67-62-57-52-47-41-26-23-20-17-14-11-8-3)106-89(94)75-70-65-60-55-50-45-40-42-46-51-56-61-66-71-82(4)5/h82-85,90H,6-81H2,1-5H3,(H,95,96)(H,97,98)/t83-,84+,85+/m0/s1. The minimum atomic E-state index is -4.97. The molecule has 0 bridgehead atoms. The topological polar surface area (TPSA) is 237 Å². The van der Waals surface area contributed by atoms with Gasteiger partial charge in [0.1, 0.15) is 19.3 Å². The summed E-state index contributed by atoms with van der Waals surface area (Å²) >= 11 is 0. The van der Waals surface area contributed by atoms with E-state index in [2.05, 4.69) is 34.6 Å². The van der Waals surface area contributed by atoms with Gasteiger partial charge in [-0.2, -0.15) is 0 Å². The molecular formula is C89H174O17P2. The van der Waals surface area contributed by atoms with E-state index < -0.39 is 97.5 Å². The molecule has 0 aromatic carbocycles. The highest BCUT2D eigenvalue weighted by Gasteiger charge is 2.30. The van der Waals surface area contributed by atoms with Crippen LogP contribution in [0.25, 0.3) is 0 Å². The quantitative estimate of drug-likeness (QED) is 0.0222. The molecule has 0 heterocycles. The fourth-order valence-electron chi connectivity index (χ4n) is 14.0. The van der Waals surface area contributed by atoms with Gasteiger partial charge < -0.3 is 33.8 Å². The molecule has 0 fully saturated rings. The van der Waals surface area contributed by atoms with Gasteiger partial charge >= 0.3 is 39.5 Å². The van der Waals surface area contributed by atoms with Crippen LogP contribution in [0.3, 0.4) is 0 Å². The third-order valence-electron chi connectivity index (χ3n) is 21.0. The Hall–Kier alpha value is -1.94. The van der Waals surface area contributed by atoms with E-state index in [-0.39, 0.29) is 25.7 Å². The largest absolute Gasteiger partial charge is 0.472 e. The molecule has 0 radical (unpaired) electrons. The molecule has 0 spiro atoms. The van der Waals surface area contributed by atoms with E-state index in [0.717, 1.165) is 95.8 Å². The molecule has 642 valence electrons. The Morgan fingerprint density at radius 3 is 0.630 bits per heavy atom. The molecule has 0 aromatic rings. The van der Waals surface area contributed by atoms with E-state index >= 15 is 0 Å². The molecule has 0 saturated carbocycles. The Bertz CT molecular complexity index is 2050. The summed E-state index contributed by atoms with van der Waals surface area (Å²) in [6.45, 7) is 7.41. The summed E-state index contributed by atoms with van der Waals surface area (Å²) < 4.78 is 69.0. The van der Waals surface area contributed by atoms with Gasteiger partial charge in [0.2, 0.25) is 0 Å². The average molecular weight is 1580 g/mol. The van der Waals surface area contributed by atoms with Gasteiger partial charge in [0.05, 0.1) is 26.4 Å². The van der Waals surface area contributed by atoms with Gasteiger partial charge in [0, 0.05) is 25.7 Å². The number of ether oxygens (including phenoxy) is 4. The minimum absolute atomic E-state index is 0.108. The fourth-order valence-corrected chi connectivity index (χ4v) is 15.6. The van der Waals surface area contributed by atoms with Crippen LogP contribution in [0.4, 0.5) is 0 Å². The van der Waals surface area contributed by atoms with Crippen LogP contribution in [-0.4, -0.2) is 96.7 Å². The molecule has 0 aliphatic rings. The molecule has 19 heteroatoms. The number of hydrogen-bond acceptors (Lipinski definition) is 15. The van der Waals surface area contributed by atoms with Gasteiger partial charge in [-0.15, -0.1) is 0 Å². The van der Waals surface area contributed by atoms with Crippen LogP contribution in [0.15, 0.2) is 0 Å². The lowest BCUT2D eigenvalue weighted by Gasteiger charge is -2.21. The number of carbonyl (C=O) groups excluding carboxylic acids is 4. The number of rotatable bonds is 89. The van der Waals surface area contributed by atoms with Crippen molar-refractivity contribution in [3.05, 3.63) is 0 Å². The number of aliphatic hydroxyl groups is 1. The van der Waals surface area contributed by atoms with Crippen molar-refractivity contribution < 1.29 is 80.2 Å². The molecule has 2 unspecified atom stereocenters. The van der Waals surface area contributed by atoms with Crippen molar-refractivity contribution in [1.82, 2.24) is 0 Å². The molecule has 0 amide bonds. The Labute approximate surface area is 664 Å². The highest BCUT2D eigenvalue weighted by Crippen LogP contribution is 2.45.